The van der Waals surface area contributed by atoms with Crippen LogP contribution in [0.4, 0.5) is 0 Å². The molecule has 0 bridgehead atoms. The van der Waals surface area contributed by atoms with Gasteiger partial charge in [0, 0.05) is 17.9 Å². The smallest absolute Gasteiger partial charge is 0.123 e. The van der Waals surface area contributed by atoms with E-state index in [1.165, 1.54) is 16.7 Å². The van der Waals surface area contributed by atoms with Crippen LogP contribution in [0.3, 0.4) is 0 Å². The summed E-state index contributed by atoms with van der Waals surface area (Å²) in [6.45, 7) is 14.3. The third-order valence-corrected chi connectivity index (χ3v) is 5.23. The fourth-order valence-electron chi connectivity index (χ4n) is 3.31. The molecule has 0 heterocycles. The number of hydrogen-bond donors (Lipinski definition) is 1. The van der Waals surface area contributed by atoms with E-state index in [2.05, 4.69) is 59.0 Å². The molecule has 2 rings (SSSR count). The van der Waals surface area contributed by atoms with Gasteiger partial charge in [0.05, 0.1) is 0 Å². The second-order valence-corrected chi connectivity index (χ2v) is 6.52. The van der Waals surface area contributed by atoms with Crippen molar-refractivity contribution in [2.45, 2.75) is 66.5 Å². The average Bonchev–Trinajstić information content (AvgIpc) is 2.41. The minimum atomic E-state index is 0.250. The van der Waals surface area contributed by atoms with Crippen molar-refractivity contribution < 1.29 is 4.74 Å². The normalized spacial score (nSPS) is 29.1. The van der Waals surface area contributed by atoms with Crippen LogP contribution in [0.15, 0.2) is 12.1 Å². The monoisotopic (exact) mass is 275 g/mol. The summed E-state index contributed by atoms with van der Waals surface area (Å²) >= 11 is 0. The summed E-state index contributed by atoms with van der Waals surface area (Å²) in [5.74, 6) is 1.07. The molecule has 1 aromatic rings. The second kappa shape index (κ2) is 5.77. The Kier molecular flexibility index (Phi) is 4.43. The van der Waals surface area contributed by atoms with Gasteiger partial charge in [-0.15, -0.1) is 0 Å². The lowest BCUT2D eigenvalue weighted by Gasteiger charge is -2.53. The molecule has 0 spiro atoms. The minimum Gasteiger partial charge on any atom is -0.489 e. The van der Waals surface area contributed by atoms with E-state index in [4.69, 9.17) is 4.74 Å². The Morgan fingerprint density at radius 2 is 1.95 bits per heavy atom. The molecule has 2 nitrogen and oxygen atoms in total. The first-order valence-corrected chi connectivity index (χ1v) is 7.90. The maximum absolute atomic E-state index is 6.39. The summed E-state index contributed by atoms with van der Waals surface area (Å²) in [7, 11) is 0. The first kappa shape index (κ1) is 15.4. The molecule has 1 aliphatic carbocycles. The fraction of sp³-hybridized carbons (Fsp3) is 0.667. The molecule has 1 aromatic carbocycles. The van der Waals surface area contributed by atoms with Crippen LogP contribution in [-0.4, -0.2) is 18.7 Å². The lowest BCUT2D eigenvalue weighted by molar-refractivity contribution is -0.0700. The van der Waals surface area contributed by atoms with Crippen LogP contribution < -0.4 is 10.1 Å². The lowest BCUT2D eigenvalue weighted by atomic mass is 9.61. The van der Waals surface area contributed by atoms with Crippen LogP contribution in [-0.2, 0) is 0 Å². The maximum atomic E-state index is 6.39. The molecular formula is C18H29NO. The Hall–Kier alpha value is -1.02. The van der Waals surface area contributed by atoms with Gasteiger partial charge in [-0.05, 0) is 56.5 Å². The summed E-state index contributed by atoms with van der Waals surface area (Å²) in [6.07, 6.45) is 2.60. The molecule has 0 aromatic heterocycles. The average molecular weight is 275 g/mol. The van der Waals surface area contributed by atoms with Crippen molar-refractivity contribution in [2.24, 2.45) is 5.41 Å². The molecule has 0 saturated heterocycles. The van der Waals surface area contributed by atoms with Crippen LogP contribution in [0.1, 0.15) is 50.3 Å². The van der Waals surface area contributed by atoms with Crippen LogP contribution >= 0.6 is 0 Å². The fourth-order valence-corrected chi connectivity index (χ4v) is 3.31. The van der Waals surface area contributed by atoms with E-state index in [9.17, 15) is 0 Å². The second-order valence-electron chi connectivity index (χ2n) is 6.52. The largest absolute Gasteiger partial charge is 0.489 e. The van der Waals surface area contributed by atoms with Gasteiger partial charge in [-0.25, -0.2) is 0 Å². The minimum absolute atomic E-state index is 0.250. The van der Waals surface area contributed by atoms with Crippen LogP contribution in [0.2, 0.25) is 0 Å². The SMILES string of the molecule is CCNC1CC(Oc2cc(C)cc(C)c2C)C1(C)CC. The topological polar surface area (TPSA) is 21.3 Å². The quantitative estimate of drug-likeness (QED) is 0.871. The van der Waals surface area contributed by atoms with Crippen LogP contribution in [0, 0.1) is 26.2 Å². The summed E-state index contributed by atoms with van der Waals surface area (Å²) < 4.78 is 6.39. The van der Waals surface area contributed by atoms with Crippen molar-refractivity contribution >= 4 is 0 Å². The molecule has 1 saturated carbocycles. The molecule has 0 amide bonds. The molecule has 1 N–H and O–H groups in total. The highest BCUT2D eigenvalue weighted by Crippen LogP contribution is 2.46. The molecule has 0 radical (unpaired) electrons. The van der Waals surface area contributed by atoms with Gasteiger partial charge in [-0.3, -0.25) is 0 Å². The third-order valence-electron chi connectivity index (χ3n) is 5.23. The molecule has 3 atom stereocenters. The predicted octanol–water partition coefficient (Wildman–Crippen LogP) is 4.16. The molecule has 1 fully saturated rings. The van der Waals surface area contributed by atoms with Crippen molar-refractivity contribution in [2.75, 3.05) is 6.54 Å². The van der Waals surface area contributed by atoms with Gasteiger partial charge in [0.15, 0.2) is 0 Å². The molecule has 0 aliphatic heterocycles. The van der Waals surface area contributed by atoms with E-state index in [1.54, 1.807) is 0 Å². The van der Waals surface area contributed by atoms with E-state index in [-0.39, 0.29) is 5.41 Å². The molecule has 20 heavy (non-hydrogen) atoms. The van der Waals surface area contributed by atoms with Crippen LogP contribution in [0.25, 0.3) is 0 Å². The molecule has 2 heteroatoms. The zero-order chi connectivity index (χ0) is 14.9. The van der Waals surface area contributed by atoms with Crippen molar-refractivity contribution in [3.05, 3.63) is 28.8 Å². The first-order chi connectivity index (χ1) is 9.42. The number of rotatable bonds is 5. The molecular weight excluding hydrogens is 246 g/mol. The summed E-state index contributed by atoms with van der Waals surface area (Å²) in [5.41, 5.74) is 4.13. The zero-order valence-corrected chi connectivity index (χ0v) is 13.8. The Morgan fingerprint density at radius 3 is 2.55 bits per heavy atom. The summed E-state index contributed by atoms with van der Waals surface area (Å²) in [5, 5.41) is 3.60. The maximum Gasteiger partial charge on any atom is 0.123 e. The Balaban J connectivity index is 2.15. The number of nitrogens with one attached hydrogen (secondary N) is 1. The van der Waals surface area contributed by atoms with Crippen molar-refractivity contribution in [1.29, 1.82) is 0 Å². The van der Waals surface area contributed by atoms with Gasteiger partial charge in [0.25, 0.3) is 0 Å². The van der Waals surface area contributed by atoms with Gasteiger partial charge in [-0.1, -0.05) is 26.8 Å². The molecule has 112 valence electrons. The Bertz CT molecular complexity index is 483. The van der Waals surface area contributed by atoms with Crippen molar-refractivity contribution in [3.8, 4) is 5.75 Å². The number of hydrogen-bond acceptors (Lipinski definition) is 2. The predicted molar refractivity (Wildman–Crippen MR) is 85.5 cm³/mol. The van der Waals surface area contributed by atoms with E-state index in [1.807, 2.05) is 0 Å². The highest BCUT2D eigenvalue weighted by Gasteiger charge is 2.51. The zero-order valence-electron chi connectivity index (χ0n) is 13.8. The van der Waals surface area contributed by atoms with Crippen molar-refractivity contribution in [1.82, 2.24) is 5.32 Å². The van der Waals surface area contributed by atoms with E-state index >= 15 is 0 Å². The van der Waals surface area contributed by atoms with Gasteiger partial charge in [0.2, 0.25) is 0 Å². The number of benzene rings is 1. The highest BCUT2D eigenvalue weighted by atomic mass is 16.5. The Labute approximate surface area is 123 Å². The van der Waals surface area contributed by atoms with Gasteiger partial charge in [-0.2, -0.15) is 0 Å². The molecule has 1 aliphatic rings. The third kappa shape index (κ3) is 2.58. The standard InChI is InChI=1S/C18H29NO/c1-7-18(6)16(19-8-2)11-17(18)20-15-10-12(3)9-13(4)14(15)5/h9-10,16-17,19H,7-8,11H2,1-6H3. The van der Waals surface area contributed by atoms with Crippen molar-refractivity contribution in [3.63, 3.8) is 0 Å². The van der Waals surface area contributed by atoms with Gasteiger partial charge < -0.3 is 10.1 Å². The lowest BCUT2D eigenvalue weighted by Crippen LogP contribution is -2.63. The van der Waals surface area contributed by atoms with Gasteiger partial charge >= 0.3 is 0 Å². The summed E-state index contributed by atoms with van der Waals surface area (Å²) in [4.78, 5) is 0. The van der Waals surface area contributed by atoms with E-state index < -0.39 is 0 Å². The molecule has 3 unspecified atom stereocenters. The van der Waals surface area contributed by atoms with E-state index in [0.29, 0.717) is 12.1 Å². The first-order valence-electron chi connectivity index (χ1n) is 7.90. The number of aryl methyl sites for hydroxylation is 2. The van der Waals surface area contributed by atoms with Crippen LogP contribution in [0.5, 0.6) is 5.75 Å². The number of ether oxygens (including phenoxy) is 1. The highest BCUT2D eigenvalue weighted by molar-refractivity contribution is 5.42. The summed E-state index contributed by atoms with van der Waals surface area (Å²) in [6, 6.07) is 5.00. The Morgan fingerprint density at radius 1 is 1.25 bits per heavy atom. The van der Waals surface area contributed by atoms with E-state index in [0.717, 1.165) is 25.1 Å². The van der Waals surface area contributed by atoms with Gasteiger partial charge in [0.1, 0.15) is 11.9 Å².